The Labute approximate surface area is 295 Å². The topological polar surface area (TPSA) is 217 Å². The van der Waals surface area contributed by atoms with Crippen LogP contribution in [0.25, 0.3) is 0 Å². The Hall–Kier alpha value is -6.31. The van der Waals surface area contributed by atoms with Crippen molar-refractivity contribution in [2.45, 2.75) is 17.4 Å². The first kappa shape index (κ1) is 39.1. The van der Waals surface area contributed by atoms with Crippen molar-refractivity contribution in [2.75, 3.05) is 49.4 Å². The number of ether oxygens (including phenoxy) is 5. The van der Waals surface area contributed by atoms with E-state index in [1.54, 1.807) is 6.07 Å². The number of methoxy groups -OCH3 is 2. The van der Waals surface area contributed by atoms with Crippen LogP contribution in [0.5, 0.6) is 23.0 Å². The van der Waals surface area contributed by atoms with E-state index in [9.17, 15) is 22.8 Å². The zero-order valence-corrected chi connectivity index (χ0v) is 28.7. The van der Waals surface area contributed by atoms with E-state index in [4.69, 9.17) is 34.7 Å². The van der Waals surface area contributed by atoms with Crippen molar-refractivity contribution in [3.63, 3.8) is 0 Å². The Morgan fingerprint density at radius 3 is 1.92 bits per heavy atom. The second kappa shape index (κ2) is 18.5. The minimum atomic E-state index is -4.24. The van der Waals surface area contributed by atoms with E-state index in [1.807, 2.05) is 0 Å². The summed E-state index contributed by atoms with van der Waals surface area (Å²) in [6, 6.07) is 11.4. The summed E-state index contributed by atoms with van der Waals surface area (Å²) >= 11 is 0. The fourth-order valence-corrected chi connectivity index (χ4v) is 5.43. The van der Waals surface area contributed by atoms with Crippen LogP contribution < -0.4 is 40.0 Å². The lowest BCUT2D eigenvalue weighted by Gasteiger charge is -2.20. The lowest BCUT2D eigenvalue weighted by Crippen LogP contribution is -2.35. The van der Waals surface area contributed by atoms with Crippen molar-refractivity contribution in [1.82, 2.24) is 0 Å². The molecule has 0 aliphatic heterocycles. The van der Waals surface area contributed by atoms with Gasteiger partial charge >= 0.3 is 5.97 Å². The van der Waals surface area contributed by atoms with E-state index in [1.165, 1.54) is 81.0 Å². The highest BCUT2D eigenvalue weighted by Crippen LogP contribution is 2.42. The van der Waals surface area contributed by atoms with Gasteiger partial charge < -0.3 is 40.1 Å². The van der Waals surface area contributed by atoms with Crippen molar-refractivity contribution < 1.29 is 46.5 Å². The summed E-state index contributed by atoms with van der Waals surface area (Å²) in [4.78, 5) is 38.4. The molecule has 0 saturated heterocycles. The number of esters is 1. The molecule has 5 N–H and O–H groups in total. The molecule has 0 aliphatic carbocycles. The van der Waals surface area contributed by atoms with Gasteiger partial charge in [-0.2, -0.15) is 5.26 Å². The van der Waals surface area contributed by atoms with E-state index in [0.29, 0.717) is 0 Å². The number of amides is 2. The molecular weight excluding hydrogens is 682 g/mol. The van der Waals surface area contributed by atoms with Gasteiger partial charge in [-0.05, 0) is 48.5 Å². The number of nitriles is 1. The number of nitrogens with two attached hydrogens (primary N) is 1. The maximum absolute atomic E-state index is 13.7. The smallest absolute Gasteiger partial charge is 0.342 e. The van der Waals surface area contributed by atoms with Crippen LogP contribution in [-0.2, 0) is 19.6 Å². The van der Waals surface area contributed by atoms with Crippen molar-refractivity contribution in [3.05, 3.63) is 97.6 Å². The third-order valence-corrected chi connectivity index (χ3v) is 8.07. The fourth-order valence-electron chi connectivity index (χ4n) is 4.37. The summed E-state index contributed by atoms with van der Waals surface area (Å²) in [5.74, 6) is -2.27. The first-order chi connectivity index (χ1) is 24.5. The van der Waals surface area contributed by atoms with Gasteiger partial charge in [0.05, 0.1) is 54.6 Å². The van der Waals surface area contributed by atoms with Crippen LogP contribution in [0.15, 0.2) is 91.4 Å². The highest BCUT2D eigenvalue weighted by atomic mass is 32.2. The largest absolute Gasteiger partial charge is 0.491 e. The third-order valence-electron chi connectivity index (χ3n) is 6.69. The van der Waals surface area contributed by atoms with Crippen LogP contribution in [0.3, 0.4) is 0 Å². The van der Waals surface area contributed by atoms with Crippen molar-refractivity contribution in [2.24, 2.45) is 5.73 Å². The number of carbonyl (C=O) groups excluding carboxylic acids is 3. The molecule has 268 valence electrons. The number of benzene rings is 3. The molecule has 16 heteroatoms. The number of hydrogen-bond donors (Lipinski definition) is 4. The molecule has 0 aromatic heterocycles. The standard InChI is InChI=1S/C35H37N5O10S/c1-6-19-48-29-24(33(41)39-27-15-14-25(35(43)50-21-8-3)30(31(27)46-4)49-20-7-2)13-16-28(32(29)47-5)40-51(44,45)23-11-9-22(10-12-23)38-34(42)26(37)17-18-36/h6-16,26,40H,1-3,17,19-21,37H2,4-5H3,(H,38,42)(H,39,41)/t26-/m0/s1. The van der Waals surface area contributed by atoms with Gasteiger partial charge in [0.15, 0.2) is 23.0 Å². The normalized spacial score (nSPS) is 11.1. The van der Waals surface area contributed by atoms with E-state index in [-0.39, 0.29) is 82.3 Å². The molecule has 0 unspecified atom stereocenters. The molecule has 0 aliphatic rings. The van der Waals surface area contributed by atoms with Gasteiger partial charge in [-0.3, -0.25) is 14.3 Å². The summed E-state index contributed by atoms with van der Waals surface area (Å²) in [5.41, 5.74) is 5.93. The minimum absolute atomic E-state index is 0.00235. The summed E-state index contributed by atoms with van der Waals surface area (Å²) in [6.45, 7) is 10.7. The van der Waals surface area contributed by atoms with Gasteiger partial charge in [0, 0.05) is 5.69 Å². The highest BCUT2D eigenvalue weighted by molar-refractivity contribution is 7.92. The van der Waals surface area contributed by atoms with Gasteiger partial charge in [-0.1, -0.05) is 38.0 Å². The average molecular weight is 720 g/mol. The molecule has 0 heterocycles. The summed E-state index contributed by atoms with van der Waals surface area (Å²) in [6.07, 6.45) is 4.09. The molecule has 51 heavy (non-hydrogen) atoms. The van der Waals surface area contributed by atoms with Crippen molar-refractivity contribution >= 4 is 44.9 Å². The van der Waals surface area contributed by atoms with Crippen LogP contribution in [0.2, 0.25) is 0 Å². The first-order valence-corrected chi connectivity index (χ1v) is 16.5. The Kier molecular flexibility index (Phi) is 14.2. The lowest BCUT2D eigenvalue weighted by atomic mass is 10.1. The molecule has 15 nitrogen and oxygen atoms in total. The first-order valence-electron chi connectivity index (χ1n) is 15.0. The molecule has 0 fully saturated rings. The predicted molar refractivity (Wildman–Crippen MR) is 190 cm³/mol. The Morgan fingerprint density at radius 1 is 0.804 bits per heavy atom. The number of anilines is 3. The van der Waals surface area contributed by atoms with E-state index in [0.717, 1.165) is 0 Å². The number of rotatable bonds is 19. The third kappa shape index (κ3) is 9.88. The summed E-state index contributed by atoms with van der Waals surface area (Å²) in [7, 11) is -1.65. The van der Waals surface area contributed by atoms with Crippen LogP contribution in [0, 0.1) is 11.3 Å². The van der Waals surface area contributed by atoms with Crippen LogP contribution >= 0.6 is 0 Å². The number of carbonyl (C=O) groups is 3. The quantitative estimate of drug-likeness (QED) is 0.100. The Bertz CT molecular complexity index is 1940. The molecular formula is C35H37N5O10S. The number of nitrogens with one attached hydrogen (secondary N) is 3. The molecule has 3 aromatic carbocycles. The summed E-state index contributed by atoms with van der Waals surface area (Å²) in [5, 5.41) is 14.0. The van der Waals surface area contributed by atoms with E-state index in [2.05, 4.69) is 35.1 Å². The van der Waals surface area contributed by atoms with Crippen molar-refractivity contribution in [3.8, 4) is 29.1 Å². The molecule has 0 bridgehead atoms. The van der Waals surface area contributed by atoms with Crippen LogP contribution in [0.1, 0.15) is 27.1 Å². The SMILES string of the molecule is C=CCOC(=O)c1ccc(NC(=O)c2ccc(NS(=O)(=O)c3ccc(NC(=O)[C@@H](N)CC#N)cc3)c(OC)c2OCC=C)c(OC)c1OCC=C. The number of hydrogen-bond acceptors (Lipinski definition) is 12. The molecule has 3 aromatic rings. The van der Waals surface area contributed by atoms with Crippen molar-refractivity contribution in [1.29, 1.82) is 5.26 Å². The minimum Gasteiger partial charge on any atom is -0.491 e. The second-order valence-electron chi connectivity index (χ2n) is 10.2. The Morgan fingerprint density at radius 2 is 1.35 bits per heavy atom. The zero-order chi connectivity index (χ0) is 37.6. The monoisotopic (exact) mass is 719 g/mol. The predicted octanol–water partition coefficient (Wildman–Crippen LogP) is 4.41. The molecule has 1 atom stereocenters. The van der Waals surface area contributed by atoms with Gasteiger partial charge in [0.2, 0.25) is 5.91 Å². The summed E-state index contributed by atoms with van der Waals surface area (Å²) < 4.78 is 56.9. The zero-order valence-electron chi connectivity index (χ0n) is 27.9. The van der Waals surface area contributed by atoms with Gasteiger partial charge in [-0.15, -0.1) is 0 Å². The van der Waals surface area contributed by atoms with E-state index < -0.39 is 33.8 Å². The van der Waals surface area contributed by atoms with Gasteiger partial charge in [-0.25, -0.2) is 13.2 Å². The average Bonchev–Trinajstić information content (AvgIpc) is 3.11. The number of nitrogens with zero attached hydrogens (tertiary/aromatic N) is 1. The van der Waals surface area contributed by atoms with E-state index >= 15 is 0 Å². The molecule has 0 spiro atoms. The molecule has 0 radical (unpaired) electrons. The molecule has 3 rings (SSSR count). The van der Waals surface area contributed by atoms with Crippen LogP contribution in [0.4, 0.5) is 17.1 Å². The fraction of sp³-hybridized carbons (Fsp3) is 0.200. The maximum atomic E-state index is 13.7. The molecule has 0 saturated carbocycles. The maximum Gasteiger partial charge on any atom is 0.342 e. The second-order valence-corrected chi connectivity index (χ2v) is 11.9. The van der Waals surface area contributed by atoms with Gasteiger partial charge in [0.1, 0.15) is 25.4 Å². The van der Waals surface area contributed by atoms with Crippen LogP contribution in [-0.4, -0.2) is 66.3 Å². The highest BCUT2D eigenvalue weighted by Gasteiger charge is 2.27. The lowest BCUT2D eigenvalue weighted by molar-refractivity contribution is -0.117. The number of sulfonamides is 1. The van der Waals surface area contributed by atoms with Gasteiger partial charge in [0.25, 0.3) is 15.9 Å². The molecule has 2 amide bonds. The Balaban J connectivity index is 1.97.